The zero-order chi connectivity index (χ0) is 14.7. The summed E-state index contributed by atoms with van der Waals surface area (Å²) in [4.78, 5) is 14.3. The van der Waals surface area contributed by atoms with Crippen molar-refractivity contribution in [3.63, 3.8) is 0 Å². The predicted octanol–water partition coefficient (Wildman–Crippen LogP) is 1.46. The molecular weight excluding hydrogens is 256 g/mol. The van der Waals surface area contributed by atoms with Gasteiger partial charge in [-0.25, -0.2) is 0 Å². The average molecular weight is 278 g/mol. The van der Waals surface area contributed by atoms with E-state index >= 15 is 0 Å². The Balaban J connectivity index is 2.13. The molecule has 1 fully saturated rings. The zero-order valence-electron chi connectivity index (χ0n) is 12.0. The molecule has 1 heterocycles. The number of carbonyl (C=O) groups excluding carboxylic acids is 1. The van der Waals surface area contributed by atoms with E-state index in [9.17, 15) is 9.90 Å². The van der Waals surface area contributed by atoms with Crippen LogP contribution in [0.1, 0.15) is 23.7 Å². The minimum absolute atomic E-state index is 0.0147. The summed E-state index contributed by atoms with van der Waals surface area (Å²) in [5, 5.41) is 9.76. The quantitative estimate of drug-likeness (QED) is 0.877. The molecule has 2 unspecified atom stereocenters. The topological polar surface area (TPSA) is 75.8 Å². The third-order valence-corrected chi connectivity index (χ3v) is 4.13. The van der Waals surface area contributed by atoms with E-state index in [4.69, 9.17) is 10.5 Å². The Hall–Kier alpha value is -1.75. The lowest BCUT2D eigenvalue weighted by atomic mass is 9.87. The summed E-state index contributed by atoms with van der Waals surface area (Å²) in [6.45, 7) is 4.20. The van der Waals surface area contributed by atoms with Gasteiger partial charge in [0.15, 0.2) is 11.5 Å². The number of aromatic hydroxyl groups is 1. The summed E-state index contributed by atoms with van der Waals surface area (Å²) in [6.07, 6.45) is 0.968. The number of ether oxygens (including phenoxy) is 1. The van der Waals surface area contributed by atoms with Crippen molar-refractivity contribution in [1.29, 1.82) is 0 Å². The highest BCUT2D eigenvalue weighted by Gasteiger charge is 2.28. The smallest absolute Gasteiger partial charge is 0.254 e. The van der Waals surface area contributed by atoms with E-state index in [1.54, 1.807) is 12.1 Å². The Morgan fingerprint density at radius 1 is 1.55 bits per heavy atom. The highest BCUT2D eigenvalue weighted by molar-refractivity contribution is 5.95. The highest BCUT2D eigenvalue weighted by atomic mass is 16.5. The molecule has 0 radical (unpaired) electrons. The first-order valence-electron chi connectivity index (χ1n) is 6.93. The van der Waals surface area contributed by atoms with Crippen molar-refractivity contribution in [1.82, 2.24) is 4.90 Å². The van der Waals surface area contributed by atoms with Crippen molar-refractivity contribution in [2.75, 3.05) is 26.7 Å². The van der Waals surface area contributed by atoms with Gasteiger partial charge in [0.05, 0.1) is 7.11 Å². The second-order valence-corrected chi connectivity index (χ2v) is 5.40. The van der Waals surface area contributed by atoms with Crippen LogP contribution < -0.4 is 10.5 Å². The molecule has 1 saturated heterocycles. The van der Waals surface area contributed by atoms with Crippen molar-refractivity contribution in [2.24, 2.45) is 17.6 Å². The maximum Gasteiger partial charge on any atom is 0.254 e. The second kappa shape index (κ2) is 6.13. The highest BCUT2D eigenvalue weighted by Crippen LogP contribution is 2.28. The molecule has 0 bridgehead atoms. The maximum atomic E-state index is 12.5. The fourth-order valence-corrected chi connectivity index (χ4v) is 2.65. The largest absolute Gasteiger partial charge is 0.504 e. The first-order valence-corrected chi connectivity index (χ1v) is 6.93. The van der Waals surface area contributed by atoms with Gasteiger partial charge in [0, 0.05) is 18.7 Å². The molecule has 110 valence electrons. The lowest BCUT2D eigenvalue weighted by Crippen LogP contribution is -2.45. The van der Waals surface area contributed by atoms with E-state index in [1.165, 1.54) is 13.2 Å². The molecule has 0 aliphatic carbocycles. The van der Waals surface area contributed by atoms with Gasteiger partial charge in [-0.15, -0.1) is 0 Å². The number of methoxy groups -OCH3 is 1. The van der Waals surface area contributed by atoms with Crippen LogP contribution >= 0.6 is 0 Å². The van der Waals surface area contributed by atoms with Crippen LogP contribution in [0.5, 0.6) is 11.5 Å². The third kappa shape index (κ3) is 2.88. The summed E-state index contributed by atoms with van der Waals surface area (Å²) in [5.41, 5.74) is 6.24. The van der Waals surface area contributed by atoms with Crippen LogP contribution in [0, 0.1) is 11.8 Å². The van der Waals surface area contributed by atoms with E-state index in [1.807, 2.05) is 4.90 Å². The number of phenols is 1. The predicted molar refractivity (Wildman–Crippen MR) is 76.9 cm³/mol. The molecule has 1 amide bonds. The summed E-state index contributed by atoms with van der Waals surface area (Å²) in [7, 11) is 1.48. The van der Waals surface area contributed by atoms with Crippen LogP contribution in [0.2, 0.25) is 0 Å². The number of hydrogen-bond acceptors (Lipinski definition) is 4. The number of rotatable bonds is 3. The van der Waals surface area contributed by atoms with E-state index in [0.717, 1.165) is 13.0 Å². The molecule has 5 heteroatoms. The zero-order valence-corrected chi connectivity index (χ0v) is 12.0. The third-order valence-electron chi connectivity index (χ3n) is 4.13. The van der Waals surface area contributed by atoms with Crippen LogP contribution in [0.4, 0.5) is 0 Å². The fraction of sp³-hybridized carbons (Fsp3) is 0.533. The first kappa shape index (κ1) is 14.7. The van der Waals surface area contributed by atoms with Gasteiger partial charge in [-0.05, 0) is 43.0 Å². The molecule has 5 nitrogen and oxygen atoms in total. The van der Waals surface area contributed by atoms with Crippen molar-refractivity contribution in [3.05, 3.63) is 23.8 Å². The van der Waals surface area contributed by atoms with Gasteiger partial charge in [-0.1, -0.05) is 6.92 Å². The molecule has 1 aromatic rings. The van der Waals surface area contributed by atoms with Crippen LogP contribution in [-0.2, 0) is 0 Å². The van der Waals surface area contributed by atoms with Gasteiger partial charge in [-0.2, -0.15) is 0 Å². The summed E-state index contributed by atoms with van der Waals surface area (Å²) < 4.78 is 4.98. The van der Waals surface area contributed by atoms with E-state index in [0.29, 0.717) is 36.2 Å². The minimum atomic E-state index is -0.0618. The number of hydrogen-bond donors (Lipinski definition) is 2. The molecule has 2 rings (SSSR count). The van der Waals surface area contributed by atoms with Gasteiger partial charge < -0.3 is 20.5 Å². The normalized spacial score (nSPS) is 22.6. The van der Waals surface area contributed by atoms with Gasteiger partial charge in [0.1, 0.15) is 0 Å². The van der Waals surface area contributed by atoms with Crippen molar-refractivity contribution in [3.8, 4) is 11.5 Å². The number of likely N-dealkylation sites (tertiary alicyclic amines) is 1. The molecule has 1 aliphatic rings. The van der Waals surface area contributed by atoms with Gasteiger partial charge in [-0.3, -0.25) is 4.79 Å². The molecule has 0 aromatic heterocycles. The number of benzene rings is 1. The monoisotopic (exact) mass is 278 g/mol. The maximum absolute atomic E-state index is 12.5. The SMILES string of the molecule is COc1ccc(C(=O)N2CCC(C)C(CN)C2)cc1O. The molecule has 3 N–H and O–H groups in total. The van der Waals surface area contributed by atoms with Crippen LogP contribution in [0.3, 0.4) is 0 Å². The Morgan fingerprint density at radius 3 is 2.90 bits per heavy atom. The Kier molecular flexibility index (Phi) is 4.49. The first-order chi connectivity index (χ1) is 9.56. The second-order valence-electron chi connectivity index (χ2n) is 5.40. The Morgan fingerprint density at radius 2 is 2.30 bits per heavy atom. The number of nitrogens with zero attached hydrogens (tertiary/aromatic N) is 1. The van der Waals surface area contributed by atoms with Gasteiger partial charge in [0.25, 0.3) is 5.91 Å². The summed E-state index contributed by atoms with van der Waals surface area (Å²) >= 11 is 0. The number of carbonyl (C=O) groups is 1. The lowest BCUT2D eigenvalue weighted by Gasteiger charge is -2.36. The van der Waals surface area contributed by atoms with E-state index < -0.39 is 0 Å². The fourth-order valence-electron chi connectivity index (χ4n) is 2.65. The van der Waals surface area contributed by atoms with Crippen molar-refractivity contribution in [2.45, 2.75) is 13.3 Å². The molecule has 0 saturated carbocycles. The Labute approximate surface area is 119 Å². The van der Waals surface area contributed by atoms with Gasteiger partial charge in [0.2, 0.25) is 0 Å². The number of piperidine rings is 1. The molecule has 1 aromatic carbocycles. The van der Waals surface area contributed by atoms with Gasteiger partial charge >= 0.3 is 0 Å². The van der Waals surface area contributed by atoms with Crippen LogP contribution in [-0.4, -0.2) is 42.7 Å². The van der Waals surface area contributed by atoms with Crippen LogP contribution in [0.25, 0.3) is 0 Å². The van der Waals surface area contributed by atoms with Crippen molar-refractivity contribution < 1.29 is 14.6 Å². The molecule has 0 spiro atoms. The van der Waals surface area contributed by atoms with Crippen LogP contribution in [0.15, 0.2) is 18.2 Å². The molecule has 1 aliphatic heterocycles. The number of amides is 1. The average Bonchev–Trinajstić information content (AvgIpc) is 2.47. The minimum Gasteiger partial charge on any atom is -0.504 e. The van der Waals surface area contributed by atoms with E-state index in [-0.39, 0.29) is 11.7 Å². The Bertz CT molecular complexity index is 490. The van der Waals surface area contributed by atoms with Crippen molar-refractivity contribution >= 4 is 5.91 Å². The molecule has 2 atom stereocenters. The standard InChI is InChI=1S/C15H22N2O3/c1-10-5-6-17(9-12(10)8-16)15(19)11-3-4-14(20-2)13(18)7-11/h3-4,7,10,12,18H,5-6,8-9,16H2,1-2H3. The molecular formula is C15H22N2O3. The summed E-state index contributed by atoms with van der Waals surface area (Å²) in [5.74, 6) is 1.19. The lowest BCUT2D eigenvalue weighted by molar-refractivity contribution is 0.0618. The molecule has 20 heavy (non-hydrogen) atoms. The van der Waals surface area contributed by atoms with E-state index in [2.05, 4.69) is 6.92 Å². The number of nitrogens with two attached hydrogens (primary N) is 1. The number of phenolic OH excluding ortho intramolecular Hbond substituents is 1. The summed E-state index contributed by atoms with van der Waals surface area (Å²) in [6, 6.07) is 4.74.